The molecule has 1 aromatic rings. The van der Waals surface area contributed by atoms with E-state index >= 15 is 0 Å². The maximum absolute atomic E-state index is 12.7. The second-order valence-electron chi connectivity index (χ2n) is 5.54. The van der Waals surface area contributed by atoms with Crippen LogP contribution in [-0.4, -0.2) is 29.3 Å². The summed E-state index contributed by atoms with van der Waals surface area (Å²) in [6.45, 7) is 0.688. The summed E-state index contributed by atoms with van der Waals surface area (Å²) in [6.07, 6.45) is 8.35. The van der Waals surface area contributed by atoms with Crippen molar-refractivity contribution < 1.29 is 4.79 Å². The molecule has 1 fully saturated rings. The van der Waals surface area contributed by atoms with Crippen LogP contribution in [0.25, 0.3) is 0 Å². The molecule has 2 nitrogen and oxygen atoms in total. The van der Waals surface area contributed by atoms with Crippen LogP contribution in [0.3, 0.4) is 0 Å². The summed E-state index contributed by atoms with van der Waals surface area (Å²) >= 11 is 7.60. The van der Waals surface area contributed by atoms with Gasteiger partial charge in [0.05, 0.1) is 4.88 Å². The van der Waals surface area contributed by atoms with Crippen molar-refractivity contribution in [2.75, 3.05) is 12.4 Å². The van der Waals surface area contributed by atoms with Gasteiger partial charge >= 0.3 is 0 Å². The molecule has 2 aliphatic rings. The van der Waals surface area contributed by atoms with E-state index in [0.29, 0.717) is 18.5 Å². The zero-order valence-electron chi connectivity index (χ0n) is 11.2. The van der Waals surface area contributed by atoms with Gasteiger partial charge in [0.1, 0.15) is 0 Å². The standard InChI is InChI=1S/C15H20ClNOS/c16-8-9-17(12-5-1-2-6-12)15(18)14-10-11-4-3-7-13(11)19-14/h10,12H,1-9H2. The van der Waals surface area contributed by atoms with E-state index in [9.17, 15) is 4.79 Å². The number of thiophene rings is 1. The van der Waals surface area contributed by atoms with Crippen LogP contribution in [0.4, 0.5) is 0 Å². The first-order valence-electron chi connectivity index (χ1n) is 7.28. The number of alkyl halides is 1. The molecule has 104 valence electrons. The highest BCUT2D eigenvalue weighted by Gasteiger charge is 2.29. The number of fused-ring (bicyclic) bond motifs is 1. The molecule has 0 aromatic carbocycles. The number of halogens is 1. The van der Waals surface area contributed by atoms with E-state index in [-0.39, 0.29) is 5.91 Å². The van der Waals surface area contributed by atoms with Crippen LogP contribution in [0.1, 0.15) is 52.2 Å². The molecule has 1 aromatic heterocycles. The monoisotopic (exact) mass is 297 g/mol. The molecule has 0 radical (unpaired) electrons. The molecule has 3 rings (SSSR count). The van der Waals surface area contributed by atoms with Crippen LogP contribution in [0.5, 0.6) is 0 Å². The van der Waals surface area contributed by atoms with E-state index in [2.05, 4.69) is 6.07 Å². The van der Waals surface area contributed by atoms with E-state index in [1.54, 1.807) is 11.3 Å². The highest BCUT2D eigenvalue weighted by Crippen LogP contribution is 2.32. The highest BCUT2D eigenvalue weighted by atomic mass is 35.5. The molecule has 0 bridgehead atoms. The van der Waals surface area contributed by atoms with Crippen LogP contribution >= 0.6 is 22.9 Å². The largest absolute Gasteiger partial charge is 0.334 e. The summed E-state index contributed by atoms with van der Waals surface area (Å²) < 4.78 is 0. The quantitative estimate of drug-likeness (QED) is 0.773. The number of rotatable bonds is 4. The van der Waals surface area contributed by atoms with Crippen molar-refractivity contribution in [3.8, 4) is 0 Å². The predicted molar refractivity (Wildman–Crippen MR) is 80.4 cm³/mol. The van der Waals surface area contributed by atoms with Gasteiger partial charge in [0, 0.05) is 23.3 Å². The van der Waals surface area contributed by atoms with Crippen LogP contribution < -0.4 is 0 Å². The third kappa shape index (κ3) is 2.68. The smallest absolute Gasteiger partial charge is 0.264 e. The number of carbonyl (C=O) groups excluding carboxylic acids is 1. The lowest BCUT2D eigenvalue weighted by Gasteiger charge is -2.27. The number of hydrogen-bond acceptors (Lipinski definition) is 2. The van der Waals surface area contributed by atoms with Gasteiger partial charge in [0.2, 0.25) is 0 Å². The van der Waals surface area contributed by atoms with Crippen molar-refractivity contribution in [3.63, 3.8) is 0 Å². The molecule has 0 atom stereocenters. The lowest BCUT2D eigenvalue weighted by molar-refractivity contribution is 0.0700. The summed E-state index contributed by atoms with van der Waals surface area (Å²) in [4.78, 5) is 17.1. The molecule has 1 saturated carbocycles. The van der Waals surface area contributed by atoms with Crippen molar-refractivity contribution in [1.29, 1.82) is 0 Å². The molecule has 1 heterocycles. The molecule has 1 amide bonds. The fraction of sp³-hybridized carbons (Fsp3) is 0.667. The van der Waals surface area contributed by atoms with Crippen molar-refractivity contribution in [3.05, 3.63) is 21.4 Å². The number of hydrogen-bond donors (Lipinski definition) is 0. The molecular formula is C15H20ClNOS. The topological polar surface area (TPSA) is 20.3 Å². The summed E-state index contributed by atoms with van der Waals surface area (Å²) in [5.41, 5.74) is 1.41. The SMILES string of the molecule is O=C(c1cc2c(s1)CCC2)N(CCCl)C1CCCC1. The Bertz CT molecular complexity index is 443. The Labute approximate surface area is 123 Å². The average molecular weight is 298 g/mol. The number of carbonyl (C=O) groups is 1. The molecule has 0 unspecified atom stereocenters. The van der Waals surface area contributed by atoms with Gasteiger partial charge in [0.15, 0.2) is 0 Å². The Hall–Kier alpha value is -0.540. The van der Waals surface area contributed by atoms with Gasteiger partial charge < -0.3 is 4.90 Å². The fourth-order valence-electron chi connectivity index (χ4n) is 3.33. The second kappa shape index (κ2) is 5.84. The lowest BCUT2D eigenvalue weighted by atomic mass is 10.2. The van der Waals surface area contributed by atoms with E-state index in [1.807, 2.05) is 4.90 Å². The Kier molecular flexibility index (Phi) is 4.13. The first-order valence-corrected chi connectivity index (χ1v) is 8.63. The predicted octanol–water partition coefficient (Wildman–Crippen LogP) is 3.86. The number of amides is 1. The zero-order valence-corrected chi connectivity index (χ0v) is 12.7. The number of aryl methyl sites for hydroxylation is 2. The Balaban J connectivity index is 1.78. The number of nitrogens with zero attached hydrogens (tertiary/aromatic N) is 1. The molecule has 0 spiro atoms. The van der Waals surface area contributed by atoms with Crippen LogP contribution in [0.2, 0.25) is 0 Å². The minimum absolute atomic E-state index is 0.215. The van der Waals surface area contributed by atoms with Gasteiger partial charge in [-0.05, 0) is 43.7 Å². The third-order valence-electron chi connectivity index (χ3n) is 4.31. The third-order valence-corrected chi connectivity index (χ3v) is 5.70. The normalized spacial score (nSPS) is 18.8. The summed E-state index contributed by atoms with van der Waals surface area (Å²) in [6, 6.07) is 2.55. The molecule has 0 saturated heterocycles. The lowest BCUT2D eigenvalue weighted by Crippen LogP contribution is -2.39. The van der Waals surface area contributed by atoms with E-state index in [4.69, 9.17) is 11.6 Å². The molecule has 2 aliphatic carbocycles. The Morgan fingerprint density at radius 2 is 2.11 bits per heavy atom. The minimum atomic E-state index is 0.215. The van der Waals surface area contributed by atoms with Gasteiger partial charge in [-0.25, -0.2) is 0 Å². The van der Waals surface area contributed by atoms with Crippen LogP contribution in [-0.2, 0) is 12.8 Å². The second-order valence-corrected chi connectivity index (χ2v) is 7.05. The van der Waals surface area contributed by atoms with E-state index in [1.165, 1.54) is 29.7 Å². The molecule has 0 aliphatic heterocycles. The Morgan fingerprint density at radius 1 is 1.32 bits per heavy atom. The summed E-state index contributed by atoms with van der Waals surface area (Å²) in [5, 5.41) is 0. The maximum atomic E-state index is 12.7. The van der Waals surface area contributed by atoms with Crippen molar-refractivity contribution in [2.45, 2.75) is 51.0 Å². The minimum Gasteiger partial charge on any atom is -0.334 e. The van der Waals surface area contributed by atoms with E-state index in [0.717, 1.165) is 30.6 Å². The molecular weight excluding hydrogens is 278 g/mol. The highest BCUT2D eigenvalue weighted by molar-refractivity contribution is 7.14. The molecule has 19 heavy (non-hydrogen) atoms. The van der Waals surface area contributed by atoms with Gasteiger partial charge in [-0.1, -0.05) is 12.8 Å². The van der Waals surface area contributed by atoms with Gasteiger partial charge in [0.25, 0.3) is 5.91 Å². The fourth-order valence-corrected chi connectivity index (χ4v) is 4.72. The van der Waals surface area contributed by atoms with Gasteiger partial charge in [-0.15, -0.1) is 22.9 Å². The van der Waals surface area contributed by atoms with Crippen molar-refractivity contribution in [2.24, 2.45) is 0 Å². The van der Waals surface area contributed by atoms with Gasteiger partial charge in [-0.2, -0.15) is 0 Å². The zero-order chi connectivity index (χ0) is 13.2. The van der Waals surface area contributed by atoms with E-state index < -0.39 is 0 Å². The van der Waals surface area contributed by atoms with Crippen LogP contribution in [0.15, 0.2) is 6.07 Å². The summed E-state index contributed by atoms with van der Waals surface area (Å²) in [5.74, 6) is 0.750. The first-order chi connectivity index (χ1) is 9.29. The molecule has 0 N–H and O–H groups in total. The average Bonchev–Trinajstić information content (AvgIpc) is 3.09. The van der Waals surface area contributed by atoms with Gasteiger partial charge in [-0.3, -0.25) is 4.79 Å². The summed E-state index contributed by atoms with van der Waals surface area (Å²) in [7, 11) is 0. The van der Waals surface area contributed by atoms with Crippen molar-refractivity contribution >= 4 is 28.8 Å². The van der Waals surface area contributed by atoms with Crippen molar-refractivity contribution in [1.82, 2.24) is 4.90 Å². The molecule has 4 heteroatoms. The Morgan fingerprint density at radius 3 is 2.79 bits per heavy atom. The van der Waals surface area contributed by atoms with Crippen LogP contribution in [0, 0.1) is 0 Å². The first kappa shape index (κ1) is 13.4. The maximum Gasteiger partial charge on any atom is 0.264 e.